The molecule has 8 bridgehead atoms. The number of aryl methyl sites for hydroxylation is 1. The second-order valence-electron chi connectivity index (χ2n) is 21.4. The van der Waals surface area contributed by atoms with Gasteiger partial charge in [0, 0.05) is 77.8 Å². The zero-order valence-electron chi connectivity index (χ0n) is 42.5. The van der Waals surface area contributed by atoms with Crippen molar-refractivity contribution in [1.29, 1.82) is 0 Å². The van der Waals surface area contributed by atoms with Crippen molar-refractivity contribution in [3.8, 4) is 29.1 Å². The molecule has 1 aliphatic heterocycles. The van der Waals surface area contributed by atoms with E-state index in [2.05, 4.69) is 29.0 Å². The Labute approximate surface area is 448 Å². The normalized spacial score (nSPS) is 24.7. The number of aliphatic hydroxyl groups is 4. The van der Waals surface area contributed by atoms with Gasteiger partial charge in [-0.1, -0.05) is 88.0 Å². The lowest BCUT2D eigenvalue weighted by atomic mass is 9.73. The number of hydrogen-bond donors (Lipinski definition) is 9. The van der Waals surface area contributed by atoms with Gasteiger partial charge >= 0.3 is 0 Å². The summed E-state index contributed by atoms with van der Waals surface area (Å²) in [5, 5.41) is 65.9. The number of allylic oxidation sites excluding steroid dienone is 2. The Morgan fingerprint density at radius 1 is 0.853 bits per heavy atom. The lowest BCUT2D eigenvalue weighted by Gasteiger charge is -2.33. The van der Waals surface area contributed by atoms with Crippen molar-refractivity contribution in [3.63, 3.8) is 0 Å². The van der Waals surface area contributed by atoms with Crippen molar-refractivity contribution in [1.82, 2.24) is 4.98 Å². The molecule has 8 atom stereocenters. The van der Waals surface area contributed by atoms with Gasteiger partial charge in [0.25, 0.3) is 0 Å². The van der Waals surface area contributed by atoms with Crippen molar-refractivity contribution in [2.45, 2.75) is 119 Å². The Bertz CT molecular complexity index is 2930. The minimum atomic E-state index is -0.886. The SMILES string of the molecule is NC(N)c1cc2c3cc1CSSC[C@@H]1C[C@](CC[C@H](C[C@H](O)CO)[C@@H]4CC[C@H](CO)c5ccccc5C4)(/C=C/C(=O)CCc4ccc(O)c(c4)OCCc4ccc(O)c(c4)[C@@H]3CC(=O)c3cc[nH]c3CC#C2)C[C@H]1O. The maximum atomic E-state index is 14.3. The number of hydrogen-bond acceptors (Lipinski definition) is 13. The second-order valence-corrected chi connectivity index (χ2v) is 23.9. The Balaban J connectivity index is 1.04. The number of phenols is 2. The summed E-state index contributed by atoms with van der Waals surface area (Å²) in [6, 6.07) is 24.6. The summed E-state index contributed by atoms with van der Waals surface area (Å²) in [7, 11) is 3.30. The molecular formula is C61H71N3O9S2. The van der Waals surface area contributed by atoms with Gasteiger partial charge in [0.15, 0.2) is 23.1 Å². The monoisotopic (exact) mass is 1050 g/mol. The number of aromatic hydroxyl groups is 2. The molecule has 0 radical (unpaired) electrons. The number of nitrogens with one attached hydrogen (secondary N) is 1. The van der Waals surface area contributed by atoms with Crippen LogP contribution in [0.5, 0.6) is 17.2 Å². The molecular weight excluding hydrogens is 983 g/mol. The number of rotatable bonds is 9. The summed E-state index contributed by atoms with van der Waals surface area (Å²) >= 11 is 0. The standard InChI is InChI=1S/C61H71N3O9S2/c62-60(63)51-28-42-5-3-7-54-49(18-22-64-54)57(71)30-52-50(42)29-44(51)35-74-75-36-45-31-61(32-58(45)72,20-16-40(27-47(68)34-66)39-11-12-43(33-65)48-6-2-1-4-41(48)26-39)21-17-46(67)13-8-37-10-15-56(70)59(25-37)73-23-19-38-9-14-55(69)53(52)24-38/h1-2,4,6,9-10,14-15,17-18,21-22,24-25,28-29,39-40,43,45,47,52,58,60,64-66,68-70,72H,7-8,11-13,16,19-20,23,26-27,30-36,62-63H2/b21-17+/t39-,40-,43-,45+,47+,52-,58-,61+/m1/s1. The van der Waals surface area contributed by atoms with Gasteiger partial charge in [-0.05, 0) is 156 Å². The van der Waals surface area contributed by atoms with Gasteiger partial charge in [0.2, 0.25) is 0 Å². The van der Waals surface area contributed by atoms with E-state index in [0.717, 1.165) is 59.2 Å². The molecule has 9 rings (SSSR count). The van der Waals surface area contributed by atoms with E-state index in [-0.39, 0.29) is 79.4 Å². The van der Waals surface area contributed by atoms with Gasteiger partial charge < -0.3 is 51.8 Å². The molecule has 14 heteroatoms. The van der Waals surface area contributed by atoms with E-state index in [0.29, 0.717) is 78.9 Å². The molecule has 0 spiro atoms. The predicted octanol–water partition coefficient (Wildman–Crippen LogP) is 8.85. The lowest BCUT2D eigenvalue weighted by molar-refractivity contribution is -0.114. The number of nitrogens with two attached hydrogens (primary N) is 2. The van der Waals surface area contributed by atoms with Gasteiger partial charge in [-0.3, -0.25) is 9.59 Å². The summed E-state index contributed by atoms with van der Waals surface area (Å²) in [5.41, 5.74) is 21.5. The number of Topliss-reactive ketones (excluding diaryl/α,β-unsaturated/α-hetero) is 1. The third-order valence-corrected chi connectivity index (χ3v) is 18.9. The predicted molar refractivity (Wildman–Crippen MR) is 296 cm³/mol. The van der Waals surface area contributed by atoms with Gasteiger partial charge in [0.05, 0.1) is 38.0 Å². The minimum absolute atomic E-state index is 0.0262. The van der Waals surface area contributed by atoms with Crippen LogP contribution in [0.4, 0.5) is 0 Å². The first-order chi connectivity index (χ1) is 36.3. The van der Waals surface area contributed by atoms with Crippen LogP contribution in [0.3, 0.4) is 0 Å². The van der Waals surface area contributed by atoms with Crippen molar-refractivity contribution >= 4 is 33.2 Å². The van der Waals surface area contributed by atoms with Crippen molar-refractivity contribution in [3.05, 3.63) is 159 Å². The number of carbonyl (C=O) groups is 2. The van der Waals surface area contributed by atoms with Crippen LogP contribution in [-0.4, -0.2) is 85.0 Å². The molecule has 4 aliphatic rings. The highest BCUT2D eigenvalue weighted by Crippen LogP contribution is 2.51. The van der Waals surface area contributed by atoms with Gasteiger partial charge in [-0.2, -0.15) is 0 Å². The average molecular weight is 1050 g/mol. The fourth-order valence-corrected chi connectivity index (χ4v) is 14.8. The fourth-order valence-electron chi connectivity index (χ4n) is 12.3. The fraction of sp³-hybridized carbons (Fsp3) is 0.443. The molecule has 1 fully saturated rings. The first-order valence-corrected chi connectivity index (χ1v) is 29.0. The molecule has 0 saturated heterocycles. The zero-order chi connectivity index (χ0) is 52.6. The summed E-state index contributed by atoms with van der Waals surface area (Å²) in [4.78, 5) is 31.3. The first kappa shape index (κ1) is 54.4. The highest BCUT2D eigenvalue weighted by Gasteiger charge is 2.44. The number of ketones is 2. The van der Waals surface area contributed by atoms with Gasteiger partial charge in [-0.25, -0.2) is 0 Å². The number of aromatic amines is 1. The molecule has 5 aromatic rings. The van der Waals surface area contributed by atoms with Crippen LogP contribution in [0.2, 0.25) is 0 Å². The van der Waals surface area contributed by atoms with E-state index < -0.39 is 29.7 Å². The quantitative estimate of drug-likeness (QED) is 0.0291. The molecule has 75 heavy (non-hydrogen) atoms. The molecule has 1 saturated carbocycles. The number of aromatic nitrogens is 1. The lowest BCUT2D eigenvalue weighted by Crippen LogP contribution is -2.27. The van der Waals surface area contributed by atoms with Crippen LogP contribution in [0.1, 0.15) is 142 Å². The third-order valence-electron chi connectivity index (χ3n) is 16.4. The smallest absolute Gasteiger partial charge is 0.165 e. The highest BCUT2D eigenvalue weighted by molar-refractivity contribution is 8.76. The number of fused-ring (bicyclic) bond motifs is 10. The number of aliphatic hydroxyl groups excluding tert-OH is 4. The maximum absolute atomic E-state index is 14.3. The number of carbonyl (C=O) groups excluding carboxylic acids is 2. The molecule has 396 valence electrons. The Kier molecular flexibility index (Phi) is 18.0. The third kappa shape index (κ3) is 13.1. The number of benzene rings is 4. The molecule has 2 heterocycles. The first-order valence-electron chi connectivity index (χ1n) is 26.5. The molecule has 12 nitrogen and oxygen atoms in total. The van der Waals surface area contributed by atoms with E-state index in [1.807, 2.05) is 42.5 Å². The van der Waals surface area contributed by atoms with E-state index in [4.69, 9.17) is 16.2 Å². The summed E-state index contributed by atoms with van der Waals surface area (Å²) < 4.78 is 6.18. The molecule has 11 N–H and O–H groups in total. The molecule has 1 aromatic heterocycles. The van der Waals surface area contributed by atoms with E-state index >= 15 is 0 Å². The topological polar surface area (TPSA) is 233 Å². The van der Waals surface area contributed by atoms with Crippen LogP contribution in [0, 0.1) is 35.0 Å². The number of ether oxygens (including phenoxy) is 1. The minimum Gasteiger partial charge on any atom is -0.508 e. The molecule has 0 amide bonds. The Hall–Kier alpha value is -5.34. The molecule has 0 unspecified atom stereocenters. The van der Waals surface area contributed by atoms with E-state index in [1.54, 1.807) is 64.2 Å². The van der Waals surface area contributed by atoms with Crippen LogP contribution in [0.15, 0.2) is 97.2 Å². The highest BCUT2D eigenvalue weighted by atomic mass is 33.1. The summed E-state index contributed by atoms with van der Waals surface area (Å²) in [5.74, 6) is 7.53. The molecule has 3 aliphatic carbocycles. The van der Waals surface area contributed by atoms with Gasteiger partial charge in [-0.15, -0.1) is 0 Å². The van der Waals surface area contributed by atoms with Crippen molar-refractivity contribution in [2.75, 3.05) is 25.6 Å². The second kappa shape index (κ2) is 24.8. The van der Waals surface area contributed by atoms with Crippen molar-refractivity contribution in [2.24, 2.45) is 34.6 Å². The Morgan fingerprint density at radius 3 is 2.48 bits per heavy atom. The number of H-pyrrole nitrogens is 1. The Morgan fingerprint density at radius 2 is 1.67 bits per heavy atom. The summed E-state index contributed by atoms with van der Waals surface area (Å²) in [6.07, 6.45) is 10.0. The van der Waals surface area contributed by atoms with E-state index in [9.17, 15) is 40.2 Å². The largest absolute Gasteiger partial charge is 0.508 e. The maximum Gasteiger partial charge on any atom is 0.165 e. The zero-order valence-corrected chi connectivity index (χ0v) is 44.1. The van der Waals surface area contributed by atoms with Crippen LogP contribution < -0.4 is 16.2 Å². The van der Waals surface area contributed by atoms with Crippen LogP contribution in [-0.2, 0) is 36.2 Å². The van der Waals surface area contributed by atoms with E-state index in [1.165, 1.54) is 11.1 Å². The van der Waals surface area contributed by atoms with Crippen LogP contribution >= 0.6 is 21.6 Å². The average Bonchev–Trinajstić information content (AvgIpc) is 3.95. The summed E-state index contributed by atoms with van der Waals surface area (Å²) in [6.45, 7) is -0.0760. The van der Waals surface area contributed by atoms with Crippen LogP contribution in [0.25, 0.3) is 0 Å². The number of phenolic OH excluding ortho intramolecular Hbond substituents is 2. The molecule has 4 aromatic carbocycles. The van der Waals surface area contributed by atoms with Gasteiger partial charge in [0.1, 0.15) is 5.75 Å². The van der Waals surface area contributed by atoms with Crippen molar-refractivity contribution < 1.29 is 45.0 Å².